The van der Waals surface area contributed by atoms with Crippen molar-refractivity contribution in [1.29, 1.82) is 0 Å². The molecule has 2 unspecified atom stereocenters. The van der Waals surface area contributed by atoms with E-state index in [1.165, 1.54) is 0 Å². The molecule has 0 spiro atoms. The number of hydrogen-bond acceptors (Lipinski definition) is 5. The van der Waals surface area contributed by atoms with E-state index in [1.54, 1.807) is 14.2 Å². The Morgan fingerprint density at radius 1 is 1.43 bits per heavy atom. The number of benzene rings is 1. The molecule has 1 aliphatic heterocycles. The van der Waals surface area contributed by atoms with Crippen LogP contribution in [-0.2, 0) is 4.74 Å². The lowest BCUT2D eigenvalue weighted by molar-refractivity contribution is 0.0995. The summed E-state index contributed by atoms with van der Waals surface area (Å²) < 4.78 is 17.3. The summed E-state index contributed by atoms with van der Waals surface area (Å²) in [4.78, 5) is 0. The highest BCUT2D eigenvalue weighted by Crippen LogP contribution is 2.40. The van der Waals surface area contributed by atoms with Crippen LogP contribution < -0.4 is 20.7 Å². The number of ether oxygens (including phenoxy) is 3. The summed E-state index contributed by atoms with van der Waals surface area (Å²) in [5, 5.41) is 0. The van der Waals surface area contributed by atoms with E-state index in [4.69, 9.17) is 20.1 Å². The highest BCUT2D eigenvalue weighted by Gasteiger charge is 2.22. The number of nitrogens with two attached hydrogens (primary N) is 1. The van der Waals surface area contributed by atoms with Crippen LogP contribution in [0.3, 0.4) is 0 Å². The highest BCUT2D eigenvalue weighted by atomic mass is 79.9. The number of methoxy groups -OCH3 is 2. The van der Waals surface area contributed by atoms with E-state index in [1.807, 2.05) is 12.1 Å². The van der Waals surface area contributed by atoms with Crippen molar-refractivity contribution in [1.82, 2.24) is 5.43 Å². The van der Waals surface area contributed by atoms with Crippen LogP contribution in [0.4, 0.5) is 0 Å². The standard InChI is InChI=1S/C15H23BrN2O3/c1-19-13-8-6-11(15(20-2)14(13)16)12(18-17)7-5-10-4-3-9-21-10/h6,8,10,12,18H,3-5,7,9,17H2,1-2H3. The second-order valence-corrected chi connectivity index (χ2v) is 5.93. The first-order valence-corrected chi connectivity index (χ1v) is 7.98. The summed E-state index contributed by atoms with van der Waals surface area (Å²) in [6.45, 7) is 0.878. The maximum atomic E-state index is 5.74. The predicted molar refractivity (Wildman–Crippen MR) is 85.5 cm³/mol. The summed E-state index contributed by atoms with van der Waals surface area (Å²) in [6.07, 6.45) is 4.54. The van der Waals surface area contributed by atoms with Crippen LogP contribution in [0.1, 0.15) is 37.3 Å². The molecular weight excluding hydrogens is 336 g/mol. The van der Waals surface area contributed by atoms with Gasteiger partial charge >= 0.3 is 0 Å². The smallest absolute Gasteiger partial charge is 0.141 e. The van der Waals surface area contributed by atoms with Gasteiger partial charge in [-0.1, -0.05) is 0 Å². The molecule has 118 valence electrons. The number of halogens is 1. The molecule has 1 aliphatic rings. The van der Waals surface area contributed by atoms with Gasteiger partial charge in [-0.05, 0) is 53.7 Å². The maximum Gasteiger partial charge on any atom is 0.141 e. The molecule has 6 heteroatoms. The Balaban J connectivity index is 2.14. The Bertz CT molecular complexity index is 464. The molecule has 2 rings (SSSR count). The summed E-state index contributed by atoms with van der Waals surface area (Å²) >= 11 is 3.52. The lowest BCUT2D eigenvalue weighted by Gasteiger charge is -2.22. The lowest BCUT2D eigenvalue weighted by Crippen LogP contribution is -2.29. The highest BCUT2D eigenvalue weighted by molar-refractivity contribution is 9.10. The third-order valence-electron chi connectivity index (χ3n) is 3.89. The van der Waals surface area contributed by atoms with Crippen molar-refractivity contribution in [3.8, 4) is 11.5 Å². The Morgan fingerprint density at radius 3 is 2.81 bits per heavy atom. The predicted octanol–water partition coefficient (Wildman–Crippen LogP) is 2.93. The SMILES string of the molecule is COc1ccc(C(CCC2CCCO2)NN)c(OC)c1Br. The van der Waals surface area contributed by atoms with Crippen molar-refractivity contribution in [3.05, 3.63) is 22.2 Å². The summed E-state index contributed by atoms with van der Waals surface area (Å²) in [5.74, 6) is 7.24. The molecule has 21 heavy (non-hydrogen) atoms. The summed E-state index contributed by atoms with van der Waals surface area (Å²) in [5.41, 5.74) is 3.90. The minimum Gasteiger partial charge on any atom is -0.495 e. The van der Waals surface area contributed by atoms with E-state index in [-0.39, 0.29) is 6.04 Å². The minimum atomic E-state index is 0.0198. The van der Waals surface area contributed by atoms with Crippen LogP contribution in [0.2, 0.25) is 0 Å². The molecule has 0 amide bonds. The monoisotopic (exact) mass is 358 g/mol. The largest absolute Gasteiger partial charge is 0.495 e. The van der Waals surface area contributed by atoms with E-state index in [0.717, 1.165) is 53.8 Å². The molecule has 0 radical (unpaired) electrons. The Morgan fingerprint density at radius 2 is 2.24 bits per heavy atom. The minimum absolute atomic E-state index is 0.0198. The average molecular weight is 359 g/mol. The van der Waals surface area contributed by atoms with Crippen LogP contribution >= 0.6 is 15.9 Å². The maximum absolute atomic E-state index is 5.74. The van der Waals surface area contributed by atoms with E-state index >= 15 is 0 Å². The topological polar surface area (TPSA) is 65.7 Å². The molecule has 5 nitrogen and oxygen atoms in total. The van der Waals surface area contributed by atoms with Crippen molar-refractivity contribution in [2.45, 2.75) is 37.8 Å². The van der Waals surface area contributed by atoms with Crippen molar-refractivity contribution < 1.29 is 14.2 Å². The molecule has 0 aromatic heterocycles. The van der Waals surface area contributed by atoms with Gasteiger partial charge in [-0.2, -0.15) is 0 Å². The number of hydrazine groups is 1. The van der Waals surface area contributed by atoms with Gasteiger partial charge in [0.25, 0.3) is 0 Å². The first-order valence-electron chi connectivity index (χ1n) is 7.19. The van der Waals surface area contributed by atoms with Crippen LogP contribution in [0.25, 0.3) is 0 Å². The molecule has 1 fully saturated rings. The van der Waals surface area contributed by atoms with E-state index < -0.39 is 0 Å². The van der Waals surface area contributed by atoms with Crippen LogP contribution in [0.15, 0.2) is 16.6 Å². The van der Waals surface area contributed by atoms with Gasteiger partial charge in [0.05, 0.1) is 20.3 Å². The van der Waals surface area contributed by atoms with E-state index in [9.17, 15) is 0 Å². The number of nitrogens with one attached hydrogen (secondary N) is 1. The fraction of sp³-hybridized carbons (Fsp3) is 0.600. The third kappa shape index (κ3) is 3.88. The van der Waals surface area contributed by atoms with Gasteiger partial charge < -0.3 is 14.2 Å². The van der Waals surface area contributed by atoms with Crippen molar-refractivity contribution in [2.75, 3.05) is 20.8 Å². The van der Waals surface area contributed by atoms with Gasteiger partial charge in [0.1, 0.15) is 16.0 Å². The second kappa shape index (κ2) is 7.98. The molecule has 2 atom stereocenters. The molecule has 0 aliphatic carbocycles. The summed E-state index contributed by atoms with van der Waals surface area (Å²) in [6, 6.07) is 3.92. The third-order valence-corrected chi connectivity index (χ3v) is 4.64. The Labute approximate surface area is 134 Å². The zero-order valence-corrected chi connectivity index (χ0v) is 14.1. The summed E-state index contributed by atoms with van der Waals surface area (Å²) in [7, 11) is 3.28. The molecule has 1 saturated heterocycles. The van der Waals surface area contributed by atoms with Crippen molar-refractivity contribution in [3.63, 3.8) is 0 Å². The van der Waals surface area contributed by atoms with Crippen LogP contribution in [0, 0.1) is 0 Å². The zero-order chi connectivity index (χ0) is 15.2. The number of hydrogen-bond donors (Lipinski definition) is 2. The fourth-order valence-electron chi connectivity index (χ4n) is 2.75. The fourth-order valence-corrected chi connectivity index (χ4v) is 3.43. The molecular formula is C15H23BrN2O3. The van der Waals surface area contributed by atoms with Crippen molar-refractivity contribution in [2.24, 2.45) is 5.84 Å². The molecule has 3 N–H and O–H groups in total. The quantitative estimate of drug-likeness (QED) is 0.579. The van der Waals surface area contributed by atoms with Crippen molar-refractivity contribution >= 4 is 15.9 Å². The van der Waals surface area contributed by atoms with Gasteiger partial charge in [-0.25, -0.2) is 0 Å². The first-order chi connectivity index (χ1) is 10.2. The number of rotatable bonds is 7. The second-order valence-electron chi connectivity index (χ2n) is 5.14. The van der Waals surface area contributed by atoms with Gasteiger partial charge in [-0.15, -0.1) is 0 Å². The normalized spacial score (nSPS) is 19.5. The van der Waals surface area contributed by atoms with Gasteiger partial charge in [-0.3, -0.25) is 11.3 Å². The molecule has 0 saturated carbocycles. The average Bonchev–Trinajstić information content (AvgIpc) is 3.01. The molecule has 1 aromatic rings. The van der Waals surface area contributed by atoms with Crippen LogP contribution in [-0.4, -0.2) is 26.9 Å². The Hall–Kier alpha value is -0.820. The van der Waals surface area contributed by atoms with E-state index in [0.29, 0.717) is 6.10 Å². The molecule has 1 heterocycles. The van der Waals surface area contributed by atoms with E-state index in [2.05, 4.69) is 21.4 Å². The van der Waals surface area contributed by atoms with Gasteiger partial charge in [0, 0.05) is 18.2 Å². The lowest BCUT2D eigenvalue weighted by atomic mass is 9.98. The Kier molecular flexibility index (Phi) is 6.29. The zero-order valence-electron chi connectivity index (χ0n) is 12.5. The molecule has 0 bridgehead atoms. The van der Waals surface area contributed by atoms with Gasteiger partial charge in [0.15, 0.2) is 0 Å². The van der Waals surface area contributed by atoms with Gasteiger partial charge in [0.2, 0.25) is 0 Å². The first kappa shape index (κ1) is 16.5. The van der Waals surface area contributed by atoms with Crippen LogP contribution in [0.5, 0.6) is 11.5 Å². The molecule has 1 aromatic carbocycles.